The van der Waals surface area contributed by atoms with Crippen molar-refractivity contribution in [3.05, 3.63) is 0 Å². The number of piperidine rings is 1. The number of hydrogen-bond acceptors (Lipinski definition) is 2. The molecule has 0 aromatic rings. The van der Waals surface area contributed by atoms with Crippen LogP contribution in [0.5, 0.6) is 0 Å². The van der Waals surface area contributed by atoms with Crippen molar-refractivity contribution >= 4 is 30.5 Å². The molecule has 14 heavy (non-hydrogen) atoms. The van der Waals surface area contributed by atoms with E-state index in [1.807, 2.05) is 0 Å². The highest BCUT2D eigenvalue weighted by molar-refractivity contribution is 5.85. The van der Waals surface area contributed by atoms with Gasteiger partial charge in [0.15, 0.2) is 0 Å². The first-order valence-electron chi connectivity index (χ1n) is 5.10. The lowest BCUT2D eigenvalue weighted by Gasteiger charge is -2.22. The van der Waals surface area contributed by atoms with Gasteiger partial charge in [-0.15, -0.1) is 24.8 Å². The summed E-state index contributed by atoms with van der Waals surface area (Å²) in [7, 11) is 0. The van der Waals surface area contributed by atoms with Crippen LogP contribution in [0.4, 0.5) is 0 Å². The Bertz CT molecular complexity index is 145. The lowest BCUT2D eigenvalue weighted by molar-refractivity contribution is 0.383. The molecule has 0 spiro atoms. The molecular formula is C10H22Cl2N2. The highest BCUT2D eigenvalue weighted by Gasteiger charge is 2.13. The first-order valence-corrected chi connectivity index (χ1v) is 5.10. The largest absolute Gasteiger partial charge is 0.317 e. The van der Waals surface area contributed by atoms with E-state index >= 15 is 0 Å². The van der Waals surface area contributed by atoms with E-state index in [0.717, 1.165) is 44.0 Å². The summed E-state index contributed by atoms with van der Waals surface area (Å²) < 4.78 is 0. The summed E-state index contributed by atoms with van der Waals surface area (Å²) in [6.07, 6.45) is 5.72. The van der Waals surface area contributed by atoms with E-state index in [-0.39, 0.29) is 24.8 Å². The third-order valence-electron chi connectivity index (χ3n) is 2.55. The number of hydrogen-bond donors (Lipinski definition) is 2. The highest BCUT2D eigenvalue weighted by Crippen LogP contribution is 2.17. The molecule has 0 bridgehead atoms. The smallest absolute Gasteiger partial charge is 0.00918 e. The van der Waals surface area contributed by atoms with Crippen molar-refractivity contribution in [2.45, 2.75) is 39.0 Å². The van der Waals surface area contributed by atoms with Gasteiger partial charge < -0.3 is 10.7 Å². The van der Waals surface area contributed by atoms with Gasteiger partial charge in [-0.2, -0.15) is 0 Å². The van der Waals surface area contributed by atoms with Gasteiger partial charge in [-0.25, -0.2) is 0 Å². The zero-order chi connectivity index (χ0) is 8.81. The van der Waals surface area contributed by atoms with Gasteiger partial charge in [-0.05, 0) is 44.7 Å². The second kappa shape index (κ2) is 9.75. The van der Waals surface area contributed by atoms with Crippen LogP contribution in [0.2, 0.25) is 0 Å². The Balaban J connectivity index is 0. The first-order chi connectivity index (χ1) is 5.83. The molecule has 0 radical (unpaired) electrons. The van der Waals surface area contributed by atoms with Crippen LogP contribution in [-0.4, -0.2) is 18.8 Å². The summed E-state index contributed by atoms with van der Waals surface area (Å²) in [5.74, 6) is 0.797. The summed E-state index contributed by atoms with van der Waals surface area (Å²) in [5.41, 5.74) is 0.962. The van der Waals surface area contributed by atoms with Crippen LogP contribution in [0.25, 0.3) is 0 Å². The maximum absolute atomic E-state index is 7.70. The van der Waals surface area contributed by atoms with E-state index in [4.69, 9.17) is 5.41 Å². The molecule has 1 aliphatic heterocycles. The fourth-order valence-electron chi connectivity index (χ4n) is 1.84. The van der Waals surface area contributed by atoms with Crippen molar-refractivity contribution in [1.82, 2.24) is 5.32 Å². The fourth-order valence-corrected chi connectivity index (χ4v) is 1.84. The van der Waals surface area contributed by atoms with Gasteiger partial charge in [-0.1, -0.05) is 13.3 Å². The highest BCUT2D eigenvalue weighted by atomic mass is 35.5. The zero-order valence-electron chi connectivity index (χ0n) is 8.84. The normalized spacial score (nSPS) is 16.6. The summed E-state index contributed by atoms with van der Waals surface area (Å²) >= 11 is 0. The lowest BCUT2D eigenvalue weighted by atomic mass is 9.91. The minimum Gasteiger partial charge on any atom is -0.317 e. The van der Waals surface area contributed by atoms with Crippen molar-refractivity contribution in [3.8, 4) is 0 Å². The Labute approximate surface area is 99.6 Å². The Morgan fingerprint density at radius 1 is 1.29 bits per heavy atom. The van der Waals surface area contributed by atoms with Crippen LogP contribution in [-0.2, 0) is 0 Å². The van der Waals surface area contributed by atoms with Crippen LogP contribution >= 0.6 is 24.8 Å². The fraction of sp³-hybridized carbons (Fsp3) is 0.900. The van der Waals surface area contributed by atoms with Gasteiger partial charge >= 0.3 is 0 Å². The molecule has 1 aliphatic rings. The summed E-state index contributed by atoms with van der Waals surface area (Å²) in [4.78, 5) is 0. The average molecular weight is 241 g/mol. The molecule has 0 atom stereocenters. The number of nitrogens with one attached hydrogen (secondary N) is 2. The van der Waals surface area contributed by atoms with Crippen molar-refractivity contribution in [2.75, 3.05) is 13.1 Å². The Kier molecular flexibility index (Phi) is 11.6. The lowest BCUT2D eigenvalue weighted by Crippen LogP contribution is -2.28. The Morgan fingerprint density at radius 3 is 2.36 bits per heavy atom. The van der Waals surface area contributed by atoms with Crippen molar-refractivity contribution in [2.24, 2.45) is 5.92 Å². The monoisotopic (exact) mass is 240 g/mol. The molecule has 1 rings (SSSR count). The predicted octanol–water partition coefficient (Wildman–Crippen LogP) is 3.04. The topological polar surface area (TPSA) is 35.9 Å². The molecule has 0 aromatic carbocycles. The molecule has 2 N–H and O–H groups in total. The van der Waals surface area contributed by atoms with E-state index in [1.54, 1.807) is 0 Å². The molecule has 1 saturated heterocycles. The van der Waals surface area contributed by atoms with Gasteiger partial charge in [-0.3, -0.25) is 0 Å². The van der Waals surface area contributed by atoms with Gasteiger partial charge in [0.25, 0.3) is 0 Å². The molecule has 1 fully saturated rings. The molecular weight excluding hydrogens is 219 g/mol. The van der Waals surface area contributed by atoms with Crippen LogP contribution in [0.1, 0.15) is 39.0 Å². The van der Waals surface area contributed by atoms with Crippen molar-refractivity contribution in [3.63, 3.8) is 0 Å². The Morgan fingerprint density at radius 2 is 1.86 bits per heavy atom. The molecule has 0 amide bonds. The molecule has 4 heteroatoms. The van der Waals surface area contributed by atoms with Crippen LogP contribution in [0.15, 0.2) is 0 Å². The van der Waals surface area contributed by atoms with E-state index in [0.29, 0.717) is 0 Å². The molecule has 0 aromatic heterocycles. The van der Waals surface area contributed by atoms with Crippen LogP contribution in [0, 0.1) is 11.3 Å². The zero-order valence-corrected chi connectivity index (χ0v) is 10.5. The molecule has 0 saturated carbocycles. The summed E-state index contributed by atoms with van der Waals surface area (Å²) in [6.45, 7) is 4.46. The summed E-state index contributed by atoms with van der Waals surface area (Å²) in [5, 5.41) is 11.1. The van der Waals surface area contributed by atoms with Gasteiger partial charge in [0.2, 0.25) is 0 Å². The van der Waals surface area contributed by atoms with E-state index in [2.05, 4.69) is 12.2 Å². The number of halogens is 2. The first kappa shape index (κ1) is 16.6. The average Bonchev–Trinajstić information content (AvgIpc) is 2.06. The minimum atomic E-state index is 0. The van der Waals surface area contributed by atoms with E-state index < -0.39 is 0 Å². The third kappa shape index (κ3) is 6.63. The molecule has 0 unspecified atom stereocenters. The Hall–Kier alpha value is 0.210. The molecule has 86 valence electrons. The van der Waals surface area contributed by atoms with Crippen LogP contribution in [0.3, 0.4) is 0 Å². The number of rotatable bonds is 4. The van der Waals surface area contributed by atoms with E-state index in [1.165, 1.54) is 12.8 Å². The molecule has 0 aliphatic carbocycles. The maximum atomic E-state index is 7.70. The van der Waals surface area contributed by atoms with Crippen molar-refractivity contribution < 1.29 is 0 Å². The molecule has 2 nitrogen and oxygen atoms in total. The summed E-state index contributed by atoms with van der Waals surface area (Å²) in [6, 6.07) is 0. The third-order valence-corrected chi connectivity index (χ3v) is 2.55. The van der Waals surface area contributed by atoms with Crippen molar-refractivity contribution in [1.29, 1.82) is 5.41 Å². The van der Waals surface area contributed by atoms with Gasteiger partial charge in [0.05, 0.1) is 0 Å². The van der Waals surface area contributed by atoms with E-state index in [9.17, 15) is 0 Å². The molecule has 1 heterocycles. The van der Waals surface area contributed by atoms with Crippen LogP contribution < -0.4 is 5.32 Å². The second-order valence-electron chi connectivity index (χ2n) is 3.75. The van der Waals surface area contributed by atoms with Gasteiger partial charge in [0, 0.05) is 5.71 Å². The van der Waals surface area contributed by atoms with Gasteiger partial charge in [0.1, 0.15) is 0 Å². The quantitative estimate of drug-likeness (QED) is 0.729. The minimum absolute atomic E-state index is 0. The maximum Gasteiger partial charge on any atom is 0.00918 e. The predicted molar refractivity (Wildman–Crippen MR) is 67.3 cm³/mol. The standard InChI is InChI=1S/C10H20N2.2ClH/c1-2-3-10(11)8-9-4-6-12-7-5-9;;/h9,11-12H,2-8H2,1H3;2*1H. The second-order valence-corrected chi connectivity index (χ2v) is 3.75. The SMILES string of the molecule is CCCC(=N)CC1CCNCC1.Cl.Cl.